The van der Waals surface area contributed by atoms with Crippen molar-refractivity contribution in [2.24, 2.45) is 5.41 Å². The van der Waals surface area contributed by atoms with Gasteiger partial charge in [-0.3, -0.25) is 4.79 Å². The summed E-state index contributed by atoms with van der Waals surface area (Å²) in [7, 11) is 1.69. The van der Waals surface area contributed by atoms with Crippen LogP contribution in [-0.4, -0.2) is 53.3 Å². The Kier molecular flexibility index (Phi) is 4.18. The van der Waals surface area contributed by atoms with Gasteiger partial charge in [-0.15, -0.1) is 0 Å². The summed E-state index contributed by atoms with van der Waals surface area (Å²) in [5.41, 5.74) is 0.873. The van der Waals surface area contributed by atoms with Crippen LogP contribution in [0, 0.1) is 5.41 Å². The Balaban J connectivity index is 1.52. The van der Waals surface area contributed by atoms with Crippen LogP contribution < -0.4 is 0 Å². The van der Waals surface area contributed by atoms with E-state index in [1.807, 2.05) is 23.1 Å². The Labute approximate surface area is 151 Å². The molecule has 0 radical (unpaired) electrons. The molecule has 2 heterocycles. The number of hydrogen-bond donors (Lipinski definition) is 1. The van der Waals surface area contributed by atoms with Crippen molar-refractivity contribution in [2.45, 2.75) is 31.5 Å². The molecule has 1 aliphatic heterocycles. The van der Waals surface area contributed by atoms with E-state index in [0.29, 0.717) is 35.7 Å². The third kappa shape index (κ3) is 2.62. The highest BCUT2D eigenvalue weighted by atomic mass is 35.5. The van der Waals surface area contributed by atoms with Gasteiger partial charge in [-0.2, -0.15) is 0 Å². The maximum absolute atomic E-state index is 12.8. The first kappa shape index (κ1) is 16.8. The molecule has 2 aliphatic rings. The largest absolute Gasteiger partial charge is 0.392 e. The van der Waals surface area contributed by atoms with Gasteiger partial charge >= 0.3 is 0 Å². The standard InChI is InChI=1S/C19H21ClN2O3/c1-25-16-11-15(23)19(16)7-9-22(10-8-19)18(24)14-6-5-12-3-2-4-13(20)17(12)21-14/h2-6,15-16,23H,7-11H2,1H3/t15-,16+/m0/s1. The Morgan fingerprint density at radius 1 is 1.32 bits per heavy atom. The van der Waals surface area contributed by atoms with E-state index < -0.39 is 0 Å². The summed E-state index contributed by atoms with van der Waals surface area (Å²) < 4.78 is 5.50. The number of aliphatic hydroxyl groups excluding tert-OH is 1. The molecule has 2 atom stereocenters. The van der Waals surface area contributed by atoms with Crippen molar-refractivity contribution in [1.82, 2.24) is 9.88 Å². The van der Waals surface area contributed by atoms with Crippen LogP contribution in [0.2, 0.25) is 5.02 Å². The quantitative estimate of drug-likeness (QED) is 0.894. The van der Waals surface area contributed by atoms with Gasteiger partial charge in [0.25, 0.3) is 5.91 Å². The number of fused-ring (bicyclic) bond motifs is 1. The van der Waals surface area contributed by atoms with Crippen molar-refractivity contribution >= 4 is 28.4 Å². The van der Waals surface area contributed by atoms with Gasteiger partial charge in [0.15, 0.2) is 0 Å². The number of rotatable bonds is 2. The highest BCUT2D eigenvalue weighted by Crippen LogP contribution is 2.50. The molecule has 2 fully saturated rings. The molecule has 5 nitrogen and oxygen atoms in total. The summed E-state index contributed by atoms with van der Waals surface area (Å²) >= 11 is 6.20. The molecule has 1 aromatic heterocycles. The molecule has 1 aliphatic carbocycles. The maximum Gasteiger partial charge on any atom is 0.272 e. The average Bonchev–Trinajstić information content (AvgIpc) is 2.65. The highest BCUT2D eigenvalue weighted by molar-refractivity contribution is 6.35. The number of carbonyl (C=O) groups excluding carboxylic acids is 1. The third-order valence-corrected chi connectivity index (χ3v) is 6.20. The van der Waals surface area contributed by atoms with Gasteiger partial charge in [-0.1, -0.05) is 29.8 Å². The molecule has 1 N–H and O–H groups in total. The normalized spacial score (nSPS) is 25.2. The second kappa shape index (κ2) is 6.24. The van der Waals surface area contributed by atoms with E-state index in [-0.39, 0.29) is 23.5 Å². The molecule has 2 aromatic rings. The predicted molar refractivity (Wildman–Crippen MR) is 95.7 cm³/mol. The number of benzene rings is 1. The SMILES string of the molecule is CO[C@@H]1C[C@H](O)C12CCN(C(=O)c1ccc3cccc(Cl)c3n1)CC2. The Morgan fingerprint density at radius 3 is 2.76 bits per heavy atom. The number of likely N-dealkylation sites (tertiary alicyclic amines) is 1. The molecule has 132 valence electrons. The van der Waals surface area contributed by atoms with Gasteiger partial charge < -0.3 is 14.7 Å². The molecule has 1 saturated heterocycles. The summed E-state index contributed by atoms with van der Waals surface area (Å²) in [6, 6.07) is 9.20. The van der Waals surface area contributed by atoms with Crippen LogP contribution >= 0.6 is 11.6 Å². The van der Waals surface area contributed by atoms with Crippen LogP contribution in [0.1, 0.15) is 29.8 Å². The number of methoxy groups -OCH3 is 1. The van der Waals surface area contributed by atoms with Crippen molar-refractivity contribution in [3.8, 4) is 0 Å². The van der Waals surface area contributed by atoms with Crippen LogP contribution in [0.25, 0.3) is 10.9 Å². The predicted octanol–water partition coefficient (Wildman–Crippen LogP) is 2.89. The fourth-order valence-electron chi connectivity index (χ4n) is 4.23. The van der Waals surface area contributed by atoms with E-state index in [0.717, 1.165) is 18.2 Å². The van der Waals surface area contributed by atoms with Crippen molar-refractivity contribution in [2.75, 3.05) is 20.2 Å². The summed E-state index contributed by atoms with van der Waals surface area (Å²) in [6.07, 6.45) is 1.97. The van der Waals surface area contributed by atoms with Crippen molar-refractivity contribution in [3.05, 3.63) is 41.0 Å². The number of para-hydroxylation sites is 1. The minimum absolute atomic E-state index is 0.0838. The first-order valence-electron chi connectivity index (χ1n) is 8.60. The van der Waals surface area contributed by atoms with Crippen molar-refractivity contribution in [1.29, 1.82) is 0 Å². The van der Waals surface area contributed by atoms with E-state index >= 15 is 0 Å². The summed E-state index contributed by atoms with van der Waals surface area (Å²) in [5.74, 6) is -0.0838. The fourth-order valence-corrected chi connectivity index (χ4v) is 4.45. The second-order valence-corrected chi connectivity index (χ2v) is 7.42. The van der Waals surface area contributed by atoms with Gasteiger partial charge in [0.2, 0.25) is 0 Å². The highest BCUT2D eigenvalue weighted by Gasteiger charge is 2.56. The van der Waals surface area contributed by atoms with Crippen LogP contribution in [0.4, 0.5) is 0 Å². The lowest BCUT2D eigenvalue weighted by Gasteiger charge is -2.56. The van der Waals surface area contributed by atoms with E-state index in [2.05, 4.69) is 4.98 Å². The number of nitrogens with zero attached hydrogens (tertiary/aromatic N) is 2. The number of piperidine rings is 1. The smallest absolute Gasteiger partial charge is 0.272 e. The fraction of sp³-hybridized carbons (Fsp3) is 0.474. The van der Waals surface area contributed by atoms with Gasteiger partial charge in [-0.25, -0.2) is 4.98 Å². The van der Waals surface area contributed by atoms with E-state index in [4.69, 9.17) is 16.3 Å². The first-order chi connectivity index (χ1) is 12.0. The molecular formula is C19H21ClN2O3. The van der Waals surface area contributed by atoms with Crippen LogP contribution in [-0.2, 0) is 4.74 Å². The number of aliphatic hydroxyl groups is 1. The van der Waals surface area contributed by atoms with Crippen molar-refractivity contribution in [3.63, 3.8) is 0 Å². The molecule has 0 bridgehead atoms. The lowest BCUT2D eigenvalue weighted by Crippen LogP contribution is -2.62. The molecule has 1 saturated carbocycles. The zero-order valence-corrected chi connectivity index (χ0v) is 14.9. The Bertz CT molecular complexity index is 817. The van der Waals surface area contributed by atoms with Gasteiger partial charge in [-0.05, 0) is 25.0 Å². The minimum Gasteiger partial charge on any atom is -0.392 e. The van der Waals surface area contributed by atoms with Gasteiger partial charge in [0.05, 0.1) is 22.7 Å². The monoisotopic (exact) mass is 360 g/mol. The third-order valence-electron chi connectivity index (χ3n) is 5.90. The summed E-state index contributed by atoms with van der Waals surface area (Å²) in [4.78, 5) is 19.1. The number of halogens is 1. The molecule has 4 rings (SSSR count). The molecule has 0 unspecified atom stereocenters. The molecule has 6 heteroatoms. The second-order valence-electron chi connectivity index (χ2n) is 7.01. The van der Waals surface area contributed by atoms with Crippen LogP contribution in [0.3, 0.4) is 0 Å². The Morgan fingerprint density at radius 2 is 2.08 bits per heavy atom. The Hall–Kier alpha value is -1.69. The van der Waals surface area contributed by atoms with E-state index in [1.165, 1.54) is 0 Å². The molecule has 1 spiro atoms. The first-order valence-corrected chi connectivity index (χ1v) is 8.98. The van der Waals surface area contributed by atoms with Crippen molar-refractivity contribution < 1.29 is 14.6 Å². The zero-order chi connectivity index (χ0) is 17.6. The number of carbonyl (C=O) groups is 1. The van der Waals surface area contributed by atoms with E-state index in [9.17, 15) is 9.90 Å². The molecule has 1 aromatic carbocycles. The minimum atomic E-state index is -0.327. The molecular weight excluding hydrogens is 340 g/mol. The zero-order valence-electron chi connectivity index (χ0n) is 14.1. The average molecular weight is 361 g/mol. The van der Waals surface area contributed by atoms with Crippen LogP contribution in [0.15, 0.2) is 30.3 Å². The molecule has 25 heavy (non-hydrogen) atoms. The number of pyridine rings is 1. The topological polar surface area (TPSA) is 62.7 Å². The van der Waals surface area contributed by atoms with Crippen LogP contribution in [0.5, 0.6) is 0 Å². The van der Waals surface area contributed by atoms with Gasteiger partial charge in [0.1, 0.15) is 5.69 Å². The number of aromatic nitrogens is 1. The number of hydrogen-bond acceptors (Lipinski definition) is 4. The molecule has 1 amide bonds. The lowest BCUT2D eigenvalue weighted by atomic mass is 9.58. The number of ether oxygens (including phenoxy) is 1. The van der Waals surface area contributed by atoms with E-state index in [1.54, 1.807) is 19.2 Å². The lowest BCUT2D eigenvalue weighted by molar-refractivity contribution is -0.199. The maximum atomic E-state index is 12.8. The summed E-state index contributed by atoms with van der Waals surface area (Å²) in [5, 5.41) is 11.7. The van der Waals surface area contributed by atoms with Gasteiger partial charge in [0, 0.05) is 37.4 Å². The number of amides is 1. The summed E-state index contributed by atoms with van der Waals surface area (Å²) in [6.45, 7) is 1.22.